The minimum absolute atomic E-state index is 0.0315. The van der Waals surface area contributed by atoms with E-state index in [1.54, 1.807) is 18.2 Å². The van der Waals surface area contributed by atoms with Crippen LogP contribution in [0.2, 0.25) is 10.0 Å². The summed E-state index contributed by atoms with van der Waals surface area (Å²) in [6, 6.07) is 5.36. The van der Waals surface area contributed by atoms with Gasteiger partial charge < -0.3 is 10.2 Å². The van der Waals surface area contributed by atoms with Crippen molar-refractivity contribution in [1.29, 1.82) is 0 Å². The smallest absolute Gasteiger partial charge is 0.255 e. The second-order valence-corrected chi connectivity index (χ2v) is 6.63. The van der Waals surface area contributed by atoms with E-state index in [1.165, 1.54) is 0 Å². The van der Waals surface area contributed by atoms with Crippen LogP contribution in [0, 0.1) is 5.92 Å². The minimum Gasteiger partial charge on any atom is -0.336 e. The molecule has 0 aromatic heterocycles. The predicted octanol–water partition coefficient (Wildman–Crippen LogP) is 3.84. The molecule has 1 aliphatic heterocycles. The van der Waals surface area contributed by atoms with E-state index in [-0.39, 0.29) is 11.9 Å². The van der Waals surface area contributed by atoms with Crippen LogP contribution >= 0.6 is 23.2 Å². The first-order valence-electron chi connectivity index (χ1n) is 7.46. The Morgan fingerprint density at radius 3 is 2.62 bits per heavy atom. The highest BCUT2D eigenvalue weighted by Gasteiger charge is 2.25. The lowest BCUT2D eigenvalue weighted by Gasteiger charge is -2.33. The summed E-state index contributed by atoms with van der Waals surface area (Å²) < 4.78 is 0. The zero-order valence-electron chi connectivity index (χ0n) is 12.5. The Hall–Kier alpha value is -0.770. The molecular weight excluding hydrogens is 307 g/mol. The quantitative estimate of drug-likeness (QED) is 0.910. The molecule has 0 bridgehead atoms. The number of carbonyl (C=O) groups is 1. The Morgan fingerprint density at radius 2 is 2.00 bits per heavy atom. The topological polar surface area (TPSA) is 32.3 Å². The Kier molecular flexibility index (Phi) is 5.91. The molecule has 1 aromatic carbocycles. The average molecular weight is 329 g/mol. The van der Waals surface area contributed by atoms with Crippen LogP contribution < -0.4 is 5.32 Å². The summed E-state index contributed by atoms with van der Waals surface area (Å²) in [5, 5.41) is 4.12. The largest absolute Gasteiger partial charge is 0.336 e. The number of benzene rings is 1. The van der Waals surface area contributed by atoms with E-state index >= 15 is 0 Å². The molecule has 2 rings (SSSR count). The van der Waals surface area contributed by atoms with Gasteiger partial charge in [0.05, 0.1) is 15.6 Å². The number of nitrogens with one attached hydrogen (secondary N) is 1. The van der Waals surface area contributed by atoms with E-state index in [0.717, 1.165) is 32.5 Å². The van der Waals surface area contributed by atoms with Gasteiger partial charge in [-0.3, -0.25) is 4.79 Å². The molecule has 1 saturated heterocycles. The van der Waals surface area contributed by atoms with Crippen molar-refractivity contribution in [3.63, 3.8) is 0 Å². The molecule has 0 radical (unpaired) electrons. The lowest BCUT2D eigenvalue weighted by Crippen LogP contribution is -2.43. The standard InChI is InChI=1S/C16H22Cl2N2O/c1-11(2)20(10-12-6-8-19-9-7-12)16(21)13-4-3-5-14(17)15(13)18/h3-5,11-12,19H,6-10H2,1-2H3. The van der Waals surface area contributed by atoms with Gasteiger partial charge in [-0.2, -0.15) is 0 Å². The fourth-order valence-electron chi connectivity index (χ4n) is 2.69. The monoisotopic (exact) mass is 328 g/mol. The van der Waals surface area contributed by atoms with Gasteiger partial charge >= 0.3 is 0 Å². The van der Waals surface area contributed by atoms with Crippen LogP contribution in [0.15, 0.2) is 18.2 Å². The van der Waals surface area contributed by atoms with Crippen molar-refractivity contribution in [3.8, 4) is 0 Å². The number of rotatable bonds is 4. The molecule has 1 heterocycles. The molecule has 0 unspecified atom stereocenters. The van der Waals surface area contributed by atoms with Gasteiger partial charge in [0.25, 0.3) is 5.91 Å². The second-order valence-electron chi connectivity index (χ2n) is 5.85. The van der Waals surface area contributed by atoms with Crippen molar-refractivity contribution < 1.29 is 4.79 Å². The third kappa shape index (κ3) is 4.12. The zero-order chi connectivity index (χ0) is 15.4. The summed E-state index contributed by atoms with van der Waals surface area (Å²) >= 11 is 12.2. The van der Waals surface area contributed by atoms with Crippen molar-refractivity contribution in [1.82, 2.24) is 10.2 Å². The molecule has 1 fully saturated rings. The fourth-order valence-corrected chi connectivity index (χ4v) is 3.08. The average Bonchev–Trinajstić information content (AvgIpc) is 2.48. The summed E-state index contributed by atoms with van der Waals surface area (Å²) in [4.78, 5) is 14.7. The van der Waals surface area contributed by atoms with Crippen LogP contribution in [0.1, 0.15) is 37.0 Å². The maximum Gasteiger partial charge on any atom is 0.255 e. The number of piperidine rings is 1. The normalized spacial score (nSPS) is 16.2. The molecule has 116 valence electrons. The number of carbonyl (C=O) groups excluding carboxylic acids is 1. The van der Waals surface area contributed by atoms with Gasteiger partial charge in [0, 0.05) is 12.6 Å². The molecule has 0 atom stereocenters. The Labute approximate surface area is 136 Å². The van der Waals surface area contributed by atoms with Crippen molar-refractivity contribution in [3.05, 3.63) is 33.8 Å². The maximum absolute atomic E-state index is 12.8. The number of hydrogen-bond acceptors (Lipinski definition) is 2. The lowest BCUT2D eigenvalue weighted by molar-refractivity contribution is 0.0658. The summed E-state index contributed by atoms with van der Waals surface area (Å²) in [6.45, 7) is 6.92. The molecule has 1 aromatic rings. The Bertz CT molecular complexity index is 499. The van der Waals surface area contributed by atoms with Gasteiger partial charge in [0.15, 0.2) is 0 Å². The van der Waals surface area contributed by atoms with Crippen LogP contribution in [-0.2, 0) is 0 Å². The molecule has 0 aliphatic carbocycles. The fraction of sp³-hybridized carbons (Fsp3) is 0.562. The number of nitrogens with zero attached hydrogens (tertiary/aromatic N) is 1. The number of hydrogen-bond donors (Lipinski definition) is 1. The second kappa shape index (κ2) is 7.48. The summed E-state index contributed by atoms with van der Waals surface area (Å²) in [5.74, 6) is 0.520. The van der Waals surface area contributed by atoms with Crippen molar-refractivity contribution >= 4 is 29.1 Å². The summed E-state index contributed by atoms with van der Waals surface area (Å²) in [5.41, 5.74) is 0.492. The van der Waals surface area contributed by atoms with Crippen LogP contribution in [0.3, 0.4) is 0 Å². The molecule has 3 nitrogen and oxygen atoms in total. The van der Waals surface area contributed by atoms with Crippen molar-refractivity contribution in [2.75, 3.05) is 19.6 Å². The van der Waals surface area contributed by atoms with E-state index in [2.05, 4.69) is 5.32 Å². The minimum atomic E-state index is -0.0315. The first-order valence-corrected chi connectivity index (χ1v) is 8.22. The van der Waals surface area contributed by atoms with Gasteiger partial charge in [-0.15, -0.1) is 0 Å². The molecule has 5 heteroatoms. The van der Waals surface area contributed by atoms with Gasteiger partial charge in [-0.05, 0) is 57.8 Å². The van der Waals surface area contributed by atoms with Crippen LogP contribution in [0.25, 0.3) is 0 Å². The molecule has 1 aliphatic rings. The number of amides is 1. The van der Waals surface area contributed by atoms with Gasteiger partial charge in [0.1, 0.15) is 0 Å². The molecular formula is C16H22Cl2N2O. The molecule has 0 spiro atoms. The highest BCUT2D eigenvalue weighted by molar-refractivity contribution is 6.43. The van der Waals surface area contributed by atoms with Crippen molar-refractivity contribution in [2.45, 2.75) is 32.7 Å². The van der Waals surface area contributed by atoms with Gasteiger partial charge in [0.2, 0.25) is 0 Å². The maximum atomic E-state index is 12.8. The van der Waals surface area contributed by atoms with E-state index in [1.807, 2.05) is 18.7 Å². The van der Waals surface area contributed by atoms with Gasteiger partial charge in [-0.1, -0.05) is 29.3 Å². The van der Waals surface area contributed by atoms with E-state index in [9.17, 15) is 4.79 Å². The van der Waals surface area contributed by atoms with E-state index < -0.39 is 0 Å². The zero-order valence-corrected chi connectivity index (χ0v) is 14.0. The summed E-state index contributed by atoms with van der Waals surface area (Å²) in [7, 11) is 0. The van der Waals surface area contributed by atoms with E-state index in [0.29, 0.717) is 21.5 Å². The van der Waals surface area contributed by atoms with Crippen LogP contribution in [0.4, 0.5) is 0 Å². The third-order valence-electron chi connectivity index (χ3n) is 3.98. The molecule has 1 amide bonds. The molecule has 1 N–H and O–H groups in total. The first-order chi connectivity index (χ1) is 10.0. The third-order valence-corrected chi connectivity index (χ3v) is 4.80. The van der Waals surface area contributed by atoms with Crippen LogP contribution in [0.5, 0.6) is 0 Å². The highest BCUT2D eigenvalue weighted by atomic mass is 35.5. The summed E-state index contributed by atoms with van der Waals surface area (Å²) in [6.07, 6.45) is 2.22. The Morgan fingerprint density at radius 1 is 1.33 bits per heavy atom. The highest BCUT2D eigenvalue weighted by Crippen LogP contribution is 2.27. The van der Waals surface area contributed by atoms with Crippen molar-refractivity contribution in [2.24, 2.45) is 5.92 Å². The first kappa shape index (κ1) is 16.6. The lowest BCUT2D eigenvalue weighted by atomic mass is 9.96. The number of halogens is 2. The molecule has 0 saturated carbocycles. The van der Waals surface area contributed by atoms with E-state index in [4.69, 9.17) is 23.2 Å². The molecule has 21 heavy (non-hydrogen) atoms. The van der Waals surface area contributed by atoms with Crippen LogP contribution in [-0.4, -0.2) is 36.5 Å². The van der Waals surface area contributed by atoms with Gasteiger partial charge in [-0.25, -0.2) is 0 Å². The Balaban J connectivity index is 2.17. The SMILES string of the molecule is CC(C)N(CC1CCNCC1)C(=O)c1cccc(Cl)c1Cl. The predicted molar refractivity (Wildman–Crippen MR) is 88.2 cm³/mol.